The number of likely N-dealkylation sites (N-methyl/N-ethyl adjacent to an activating group) is 1. The summed E-state index contributed by atoms with van der Waals surface area (Å²) in [5, 5.41) is 3.27. The van der Waals surface area contributed by atoms with Crippen LogP contribution in [-0.4, -0.2) is 13.6 Å². The molecule has 100 valence electrons. The maximum absolute atomic E-state index is 5.65. The standard InChI is InChI=1S/C14H19Br2NO/c1-17-9-11(10-5-3-2-4-6-10)7-12-8-13(15)14(16)18-12/h7-8,10,17H,2-6,9H2,1H3. The van der Waals surface area contributed by atoms with Gasteiger partial charge >= 0.3 is 0 Å². The van der Waals surface area contributed by atoms with Crippen LogP contribution < -0.4 is 5.32 Å². The third kappa shape index (κ3) is 3.72. The van der Waals surface area contributed by atoms with Gasteiger partial charge in [-0.2, -0.15) is 0 Å². The Morgan fingerprint density at radius 1 is 1.39 bits per heavy atom. The van der Waals surface area contributed by atoms with Crippen molar-refractivity contribution in [2.24, 2.45) is 5.92 Å². The topological polar surface area (TPSA) is 25.2 Å². The van der Waals surface area contributed by atoms with Crippen LogP contribution in [0.4, 0.5) is 0 Å². The van der Waals surface area contributed by atoms with Crippen molar-refractivity contribution in [3.8, 4) is 0 Å². The summed E-state index contributed by atoms with van der Waals surface area (Å²) in [5.74, 6) is 1.64. The van der Waals surface area contributed by atoms with E-state index in [1.54, 1.807) is 0 Å². The maximum Gasteiger partial charge on any atom is 0.184 e. The molecule has 1 aromatic rings. The normalized spacial score (nSPS) is 18.3. The minimum absolute atomic E-state index is 0.717. The van der Waals surface area contributed by atoms with Crippen molar-refractivity contribution in [3.05, 3.63) is 26.5 Å². The highest BCUT2D eigenvalue weighted by Gasteiger charge is 2.18. The summed E-state index contributed by atoms with van der Waals surface area (Å²) in [7, 11) is 2.00. The lowest BCUT2D eigenvalue weighted by Gasteiger charge is -2.24. The molecule has 4 heteroatoms. The Balaban J connectivity index is 2.17. The van der Waals surface area contributed by atoms with Gasteiger partial charge in [0.15, 0.2) is 4.67 Å². The summed E-state index contributed by atoms with van der Waals surface area (Å²) in [6.07, 6.45) is 8.94. The first kappa shape index (κ1) is 14.4. The molecule has 0 saturated heterocycles. The first-order chi connectivity index (χ1) is 8.70. The zero-order valence-electron chi connectivity index (χ0n) is 10.6. The van der Waals surface area contributed by atoms with Crippen molar-refractivity contribution in [1.82, 2.24) is 5.32 Å². The first-order valence-corrected chi connectivity index (χ1v) is 8.09. The van der Waals surface area contributed by atoms with E-state index in [2.05, 4.69) is 43.3 Å². The molecule has 0 amide bonds. The van der Waals surface area contributed by atoms with Crippen molar-refractivity contribution in [1.29, 1.82) is 0 Å². The van der Waals surface area contributed by atoms with Gasteiger partial charge < -0.3 is 9.73 Å². The van der Waals surface area contributed by atoms with Crippen molar-refractivity contribution in [2.75, 3.05) is 13.6 Å². The van der Waals surface area contributed by atoms with Crippen molar-refractivity contribution in [2.45, 2.75) is 32.1 Å². The second-order valence-electron chi connectivity index (χ2n) is 4.85. The predicted octanol–water partition coefficient (Wildman–Crippen LogP) is 4.99. The summed E-state index contributed by atoms with van der Waals surface area (Å²) in [4.78, 5) is 0. The van der Waals surface area contributed by atoms with Crippen LogP contribution in [0.5, 0.6) is 0 Å². The fraction of sp³-hybridized carbons (Fsp3) is 0.571. The maximum atomic E-state index is 5.65. The molecule has 2 nitrogen and oxygen atoms in total. The Labute approximate surface area is 125 Å². The highest BCUT2D eigenvalue weighted by atomic mass is 79.9. The molecular formula is C14H19Br2NO. The highest BCUT2D eigenvalue weighted by Crippen LogP contribution is 2.32. The summed E-state index contributed by atoms with van der Waals surface area (Å²) < 4.78 is 7.39. The minimum Gasteiger partial charge on any atom is -0.449 e. The van der Waals surface area contributed by atoms with Crippen LogP contribution in [0.25, 0.3) is 6.08 Å². The van der Waals surface area contributed by atoms with Crippen molar-refractivity contribution in [3.63, 3.8) is 0 Å². The van der Waals surface area contributed by atoms with E-state index in [1.807, 2.05) is 13.1 Å². The average Bonchev–Trinajstić information content (AvgIpc) is 2.69. The molecule has 0 aromatic carbocycles. The van der Waals surface area contributed by atoms with E-state index in [0.29, 0.717) is 5.92 Å². The zero-order chi connectivity index (χ0) is 13.0. The Bertz CT molecular complexity index is 400. The Morgan fingerprint density at radius 2 is 2.11 bits per heavy atom. The van der Waals surface area contributed by atoms with E-state index in [1.165, 1.54) is 37.7 Å². The molecule has 0 bridgehead atoms. The van der Waals surface area contributed by atoms with Crippen LogP contribution in [0.3, 0.4) is 0 Å². The van der Waals surface area contributed by atoms with E-state index in [0.717, 1.165) is 21.4 Å². The van der Waals surface area contributed by atoms with Gasteiger partial charge in [0.1, 0.15) is 5.76 Å². The van der Waals surface area contributed by atoms with Gasteiger partial charge in [0.05, 0.1) is 4.47 Å². The van der Waals surface area contributed by atoms with E-state index < -0.39 is 0 Å². The third-order valence-corrected chi connectivity index (χ3v) is 5.21. The van der Waals surface area contributed by atoms with Gasteiger partial charge in [-0.05, 0) is 75.4 Å². The molecule has 1 aromatic heterocycles. The summed E-state index contributed by atoms with van der Waals surface area (Å²) in [6, 6.07) is 2.02. The summed E-state index contributed by atoms with van der Waals surface area (Å²) >= 11 is 6.84. The van der Waals surface area contributed by atoms with Crippen LogP contribution in [0, 0.1) is 5.92 Å². The van der Waals surface area contributed by atoms with Crippen molar-refractivity contribution >= 4 is 37.9 Å². The molecule has 1 aliphatic carbocycles. The molecular weight excluding hydrogens is 358 g/mol. The Kier molecular flexibility index (Phi) is 5.52. The van der Waals surface area contributed by atoms with E-state index >= 15 is 0 Å². The number of rotatable bonds is 4. The minimum atomic E-state index is 0.717. The zero-order valence-corrected chi connectivity index (χ0v) is 13.8. The summed E-state index contributed by atoms with van der Waals surface area (Å²) in [5.41, 5.74) is 1.46. The third-order valence-electron chi connectivity index (χ3n) is 3.50. The Morgan fingerprint density at radius 3 is 2.67 bits per heavy atom. The van der Waals surface area contributed by atoms with Crippen LogP contribution in [0.2, 0.25) is 0 Å². The van der Waals surface area contributed by atoms with Crippen LogP contribution in [-0.2, 0) is 0 Å². The van der Waals surface area contributed by atoms with Gasteiger partial charge in [0.2, 0.25) is 0 Å². The number of nitrogens with one attached hydrogen (secondary N) is 1. The number of halogens is 2. The molecule has 0 radical (unpaired) electrons. The molecule has 1 N–H and O–H groups in total. The highest BCUT2D eigenvalue weighted by molar-refractivity contribution is 9.13. The Hall–Kier alpha value is -0.0600. The second-order valence-corrected chi connectivity index (χ2v) is 6.43. The molecule has 1 saturated carbocycles. The first-order valence-electron chi connectivity index (χ1n) is 6.50. The average molecular weight is 377 g/mol. The lowest BCUT2D eigenvalue weighted by Crippen LogP contribution is -2.19. The fourth-order valence-corrected chi connectivity index (χ4v) is 3.22. The lowest BCUT2D eigenvalue weighted by atomic mass is 9.83. The molecule has 18 heavy (non-hydrogen) atoms. The summed E-state index contributed by atoms with van der Waals surface area (Å²) in [6.45, 7) is 0.945. The predicted molar refractivity (Wildman–Crippen MR) is 82.6 cm³/mol. The smallest absolute Gasteiger partial charge is 0.184 e. The molecule has 1 aliphatic rings. The SMILES string of the molecule is CNCC(=Cc1cc(Br)c(Br)o1)C1CCCCC1. The van der Waals surface area contributed by atoms with Crippen LogP contribution in [0.15, 0.2) is 25.2 Å². The van der Waals surface area contributed by atoms with Gasteiger partial charge in [-0.3, -0.25) is 0 Å². The molecule has 0 spiro atoms. The van der Waals surface area contributed by atoms with Crippen LogP contribution in [0.1, 0.15) is 37.9 Å². The van der Waals surface area contributed by atoms with E-state index in [4.69, 9.17) is 4.42 Å². The molecule has 2 rings (SSSR count). The molecule has 0 atom stereocenters. The fourth-order valence-electron chi connectivity index (χ4n) is 2.61. The van der Waals surface area contributed by atoms with Gasteiger partial charge in [0.25, 0.3) is 0 Å². The molecule has 0 aliphatic heterocycles. The van der Waals surface area contributed by atoms with Gasteiger partial charge in [-0.25, -0.2) is 0 Å². The van der Waals surface area contributed by atoms with Gasteiger partial charge in [-0.1, -0.05) is 19.3 Å². The van der Waals surface area contributed by atoms with Gasteiger partial charge in [-0.15, -0.1) is 0 Å². The number of hydrogen-bond acceptors (Lipinski definition) is 2. The number of furan rings is 1. The van der Waals surface area contributed by atoms with Crippen molar-refractivity contribution < 1.29 is 4.42 Å². The quantitative estimate of drug-likeness (QED) is 0.800. The number of hydrogen-bond donors (Lipinski definition) is 1. The van der Waals surface area contributed by atoms with Crippen LogP contribution >= 0.6 is 31.9 Å². The van der Waals surface area contributed by atoms with Gasteiger partial charge in [0, 0.05) is 6.54 Å². The molecule has 0 unspecified atom stereocenters. The van der Waals surface area contributed by atoms with E-state index in [-0.39, 0.29) is 0 Å². The molecule has 1 heterocycles. The largest absolute Gasteiger partial charge is 0.449 e. The van der Waals surface area contributed by atoms with E-state index in [9.17, 15) is 0 Å². The monoisotopic (exact) mass is 375 g/mol. The molecule has 1 fully saturated rings. The lowest BCUT2D eigenvalue weighted by molar-refractivity contribution is 0.397. The second kappa shape index (κ2) is 6.92.